The van der Waals surface area contributed by atoms with Crippen LogP contribution in [-0.4, -0.2) is 24.7 Å². The van der Waals surface area contributed by atoms with Gasteiger partial charge < -0.3 is 15.2 Å². The number of benzene rings is 2. The van der Waals surface area contributed by atoms with Crippen molar-refractivity contribution in [1.82, 2.24) is 5.32 Å². The second kappa shape index (κ2) is 7.27. The molecule has 2 N–H and O–H groups in total. The van der Waals surface area contributed by atoms with Gasteiger partial charge in [0, 0.05) is 16.1 Å². The van der Waals surface area contributed by atoms with Crippen LogP contribution in [0.15, 0.2) is 40.9 Å². The van der Waals surface area contributed by atoms with Crippen LogP contribution in [0.3, 0.4) is 0 Å². The van der Waals surface area contributed by atoms with E-state index in [2.05, 4.69) is 21.2 Å². The molecule has 0 bridgehead atoms. The minimum Gasteiger partial charge on any atom is -0.497 e. The van der Waals surface area contributed by atoms with Gasteiger partial charge in [-0.15, -0.1) is 0 Å². The highest BCUT2D eigenvalue weighted by Crippen LogP contribution is 2.25. The van der Waals surface area contributed by atoms with Crippen molar-refractivity contribution >= 4 is 21.8 Å². The summed E-state index contributed by atoms with van der Waals surface area (Å²) in [5.41, 5.74) is -1.49. The number of carbonyl (C=O) groups excluding carboxylic acids is 1. The molecule has 128 valence electrons. The van der Waals surface area contributed by atoms with Gasteiger partial charge in [0.05, 0.1) is 19.2 Å². The third-order valence-corrected chi connectivity index (χ3v) is 4.21. The maximum Gasteiger partial charge on any atom is 0.252 e. The fourth-order valence-corrected chi connectivity index (χ4v) is 2.60. The van der Waals surface area contributed by atoms with Crippen LogP contribution in [0.1, 0.15) is 22.8 Å². The zero-order chi connectivity index (χ0) is 17.9. The molecule has 0 heterocycles. The lowest BCUT2D eigenvalue weighted by Crippen LogP contribution is -2.39. The number of rotatable bonds is 5. The van der Waals surface area contributed by atoms with Crippen LogP contribution in [0.2, 0.25) is 0 Å². The van der Waals surface area contributed by atoms with E-state index in [-0.39, 0.29) is 12.1 Å². The fourth-order valence-electron chi connectivity index (χ4n) is 2.17. The Kier molecular flexibility index (Phi) is 5.56. The molecule has 1 amide bonds. The zero-order valence-electron chi connectivity index (χ0n) is 13.1. The van der Waals surface area contributed by atoms with Crippen LogP contribution >= 0.6 is 15.9 Å². The van der Waals surface area contributed by atoms with Crippen molar-refractivity contribution in [1.29, 1.82) is 0 Å². The lowest BCUT2D eigenvalue weighted by molar-refractivity contribution is 0.0494. The molecule has 2 aromatic rings. The van der Waals surface area contributed by atoms with E-state index in [1.807, 2.05) is 0 Å². The Morgan fingerprint density at radius 2 is 2.00 bits per heavy atom. The summed E-state index contributed by atoms with van der Waals surface area (Å²) >= 11 is 3.26. The van der Waals surface area contributed by atoms with Crippen molar-refractivity contribution < 1.29 is 23.4 Å². The van der Waals surface area contributed by atoms with Gasteiger partial charge in [-0.25, -0.2) is 8.78 Å². The van der Waals surface area contributed by atoms with Crippen LogP contribution < -0.4 is 10.1 Å². The average molecular weight is 400 g/mol. The Morgan fingerprint density at radius 1 is 1.29 bits per heavy atom. The molecule has 0 aliphatic rings. The zero-order valence-corrected chi connectivity index (χ0v) is 14.7. The molecule has 24 heavy (non-hydrogen) atoms. The molecule has 4 nitrogen and oxygen atoms in total. The van der Waals surface area contributed by atoms with Crippen LogP contribution in [0.5, 0.6) is 5.75 Å². The second-order valence-corrected chi connectivity index (χ2v) is 6.28. The molecule has 0 spiro atoms. The number of aliphatic hydroxyl groups is 1. The Labute approximate surface area is 146 Å². The summed E-state index contributed by atoms with van der Waals surface area (Å²) in [7, 11) is 1.48. The molecule has 0 saturated heterocycles. The van der Waals surface area contributed by atoms with E-state index in [9.17, 15) is 18.7 Å². The third kappa shape index (κ3) is 4.10. The Morgan fingerprint density at radius 3 is 2.62 bits per heavy atom. The first-order valence-corrected chi connectivity index (χ1v) is 7.83. The average Bonchev–Trinajstić information content (AvgIpc) is 2.53. The predicted octanol–water partition coefficient (Wildman–Crippen LogP) is 3.37. The van der Waals surface area contributed by atoms with Crippen molar-refractivity contribution in [2.45, 2.75) is 12.5 Å². The number of nitrogens with one attached hydrogen (secondary N) is 1. The van der Waals surface area contributed by atoms with E-state index < -0.39 is 23.1 Å². The van der Waals surface area contributed by atoms with Gasteiger partial charge in [-0.3, -0.25) is 4.79 Å². The van der Waals surface area contributed by atoms with E-state index in [4.69, 9.17) is 4.74 Å². The molecule has 0 fully saturated rings. The molecular formula is C17H16BrF2NO3. The fraction of sp³-hybridized carbons (Fsp3) is 0.235. The minimum absolute atomic E-state index is 0.103. The normalized spacial score (nSPS) is 13.2. The first-order valence-electron chi connectivity index (χ1n) is 7.04. The number of amides is 1. The summed E-state index contributed by atoms with van der Waals surface area (Å²) in [4.78, 5) is 12.3. The lowest BCUT2D eigenvalue weighted by Gasteiger charge is -2.25. The Hall–Kier alpha value is -1.99. The predicted molar refractivity (Wildman–Crippen MR) is 89.0 cm³/mol. The molecule has 1 unspecified atom stereocenters. The van der Waals surface area contributed by atoms with Crippen LogP contribution in [-0.2, 0) is 5.60 Å². The maximum absolute atomic E-state index is 13.8. The number of hydrogen-bond acceptors (Lipinski definition) is 3. The number of methoxy groups -OCH3 is 1. The Balaban J connectivity index is 2.15. The summed E-state index contributed by atoms with van der Waals surface area (Å²) in [6.45, 7) is 1.09. The molecule has 0 saturated carbocycles. The van der Waals surface area contributed by atoms with Crippen LogP contribution in [0.4, 0.5) is 8.78 Å². The van der Waals surface area contributed by atoms with E-state index in [1.165, 1.54) is 20.1 Å². The van der Waals surface area contributed by atoms with Gasteiger partial charge in [-0.05, 0) is 47.1 Å². The number of hydrogen-bond donors (Lipinski definition) is 2. The van der Waals surface area contributed by atoms with Gasteiger partial charge in [-0.2, -0.15) is 0 Å². The van der Waals surface area contributed by atoms with Crippen molar-refractivity contribution in [2.75, 3.05) is 13.7 Å². The first-order chi connectivity index (χ1) is 11.2. The smallest absolute Gasteiger partial charge is 0.252 e. The number of carbonyl (C=O) groups is 1. The quantitative estimate of drug-likeness (QED) is 0.810. The molecular weight excluding hydrogens is 384 g/mol. The van der Waals surface area contributed by atoms with Crippen molar-refractivity contribution in [3.8, 4) is 5.75 Å². The number of halogens is 3. The van der Waals surface area contributed by atoms with Crippen molar-refractivity contribution in [3.63, 3.8) is 0 Å². The van der Waals surface area contributed by atoms with Crippen molar-refractivity contribution in [3.05, 3.63) is 63.6 Å². The standard InChI is InChI=1S/C17H16BrF2NO3/c1-17(23,13-5-3-10(19)7-15(13)20)9-21-16(22)12-8-11(24-2)4-6-14(12)18/h3-8,23H,9H2,1-2H3,(H,21,22). The van der Waals surface area contributed by atoms with Gasteiger partial charge in [0.2, 0.25) is 0 Å². The van der Waals surface area contributed by atoms with E-state index in [0.717, 1.165) is 12.1 Å². The van der Waals surface area contributed by atoms with E-state index >= 15 is 0 Å². The topological polar surface area (TPSA) is 58.6 Å². The van der Waals surface area contributed by atoms with E-state index in [0.29, 0.717) is 21.9 Å². The SMILES string of the molecule is COc1ccc(Br)c(C(=O)NCC(C)(O)c2ccc(F)cc2F)c1. The minimum atomic E-state index is -1.70. The summed E-state index contributed by atoms with van der Waals surface area (Å²) in [6, 6.07) is 7.76. The summed E-state index contributed by atoms with van der Waals surface area (Å²) < 4.78 is 32.4. The summed E-state index contributed by atoms with van der Waals surface area (Å²) in [6.07, 6.45) is 0. The highest BCUT2D eigenvalue weighted by molar-refractivity contribution is 9.10. The molecule has 2 aromatic carbocycles. The van der Waals surface area contributed by atoms with Gasteiger partial charge in [0.25, 0.3) is 5.91 Å². The highest BCUT2D eigenvalue weighted by Gasteiger charge is 2.28. The molecule has 0 aromatic heterocycles. The van der Waals surface area contributed by atoms with Crippen LogP contribution in [0, 0.1) is 11.6 Å². The monoisotopic (exact) mass is 399 g/mol. The Bertz CT molecular complexity index is 765. The summed E-state index contributed by atoms with van der Waals surface area (Å²) in [5.74, 6) is -1.59. The van der Waals surface area contributed by atoms with Crippen LogP contribution in [0.25, 0.3) is 0 Å². The maximum atomic E-state index is 13.8. The third-order valence-electron chi connectivity index (χ3n) is 3.52. The van der Waals surface area contributed by atoms with Crippen molar-refractivity contribution in [2.24, 2.45) is 0 Å². The second-order valence-electron chi connectivity index (χ2n) is 5.43. The van der Waals surface area contributed by atoms with Gasteiger partial charge in [-0.1, -0.05) is 6.07 Å². The first kappa shape index (κ1) is 18.4. The molecule has 0 radical (unpaired) electrons. The highest BCUT2D eigenvalue weighted by atomic mass is 79.9. The van der Waals surface area contributed by atoms with Gasteiger partial charge in [0.1, 0.15) is 23.0 Å². The van der Waals surface area contributed by atoms with E-state index in [1.54, 1.807) is 12.1 Å². The number of ether oxygens (including phenoxy) is 1. The largest absolute Gasteiger partial charge is 0.497 e. The lowest BCUT2D eigenvalue weighted by atomic mass is 9.95. The molecule has 1 atom stereocenters. The summed E-state index contributed by atoms with van der Waals surface area (Å²) in [5, 5.41) is 12.9. The van der Waals surface area contributed by atoms with Gasteiger partial charge in [0.15, 0.2) is 0 Å². The molecule has 0 aliphatic heterocycles. The molecule has 7 heteroatoms. The van der Waals surface area contributed by atoms with Gasteiger partial charge >= 0.3 is 0 Å². The molecule has 2 rings (SSSR count). The molecule has 0 aliphatic carbocycles.